The predicted octanol–water partition coefficient (Wildman–Crippen LogP) is -0.146. The van der Waals surface area contributed by atoms with Crippen molar-refractivity contribution in [3.63, 3.8) is 0 Å². The third-order valence-corrected chi connectivity index (χ3v) is 2.14. The highest BCUT2D eigenvalue weighted by atomic mass is 16.1. The summed E-state index contributed by atoms with van der Waals surface area (Å²) in [6.45, 7) is 0. The zero-order valence-corrected chi connectivity index (χ0v) is 7.48. The molecule has 0 radical (unpaired) electrons. The number of hydrogen-bond donors (Lipinski definition) is 1. The maximum absolute atomic E-state index is 11.3. The second-order valence-electron chi connectivity index (χ2n) is 3.00. The smallest absolute Gasteiger partial charge is 0.350 e. The molecule has 2 N–H and O–H groups in total. The Hall–Kier alpha value is -1.78. The molecule has 2 aromatic rings. The third-order valence-electron chi connectivity index (χ3n) is 2.14. The van der Waals surface area contributed by atoms with Crippen LogP contribution in [-0.2, 0) is 14.1 Å². The van der Waals surface area contributed by atoms with Gasteiger partial charge in [-0.25, -0.2) is 4.79 Å². The summed E-state index contributed by atoms with van der Waals surface area (Å²) >= 11 is 0. The van der Waals surface area contributed by atoms with Gasteiger partial charge in [0.2, 0.25) is 0 Å². The molecule has 0 saturated heterocycles. The molecule has 68 valence electrons. The molecule has 0 unspecified atom stereocenters. The zero-order chi connectivity index (χ0) is 9.59. The van der Waals surface area contributed by atoms with E-state index in [1.54, 1.807) is 7.05 Å². The van der Waals surface area contributed by atoms with Crippen LogP contribution in [0.4, 0.5) is 5.82 Å². The zero-order valence-electron chi connectivity index (χ0n) is 7.48. The van der Waals surface area contributed by atoms with Gasteiger partial charge in [-0.05, 0) is 6.07 Å². The van der Waals surface area contributed by atoms with E-state index in [0.717, 1.165) is 11.0 Å². The minimum Gasteiger partial charge on any atom is -0.383 e. The fraction of sp³-hybridized carbons (Fsp3) is 0.250. The number of nitrogens with two attached hydrogens (primary N) is 1. The quantitative estimate of drug-likeness (QED) is 0.610. The van der Waals surface area contributed by atoms with Crippen LogP contribution < -0.4 is 11.4 Å². The standard InChI is InChI=1S/C8H10N4O/c1-11-4-3-5-6(9)10-8(13)12(2)7(5)11/h3-4H,1-2H3,(H2,9,10,13). The van der Waals surface area contributed by atoms with Crippen molar-refractivity contribution in [1.82, 2.24) is 14.1 Å². The van der Waals surface area contributed by atoms with Gasteiger partial charge in [0, 0.05) is 20.3 Å². The van der Waals surface area contributed by atoms with Crippen molar-refractivity contribution in [2.75, 3.05) is 5.73 Å². The molecule has 0 saturated carbocycles. The Balaban J connectivity index is 3.09. The highest BCUT2D eigenvalue weighted by Gasteiger charge is 2.07. The van der Waals surface area contributed by atoms with Crippen molar-refractivity contribution in [3.05, 3.63) is 22.7 Å². The molecule has 0 atom stereocenters. The molecule has 5 nitrogen and oxygen atoms in total. The van der Waals surface area contributed by atoms with Crippen molar-refractivity contribution in [2.24, 2.45) is 14.1 Å². The lowest BCUT2D eigenvalue weighted by Gasteiger charge is -2.03. The van der Waals surface area contributed by atoms with Crippen molar-refractivity contribution in [3.8, 4) is 0 Å². The molecule has 2 rings (SSSR count). The molecule has 5 heteroatoms. The Morgan fingerprint density at radius 3 is 2.85 bits per heavy atom. The lowest BCUT2D eigenvalue weighted by molar-refractivity contribution is 0.803. The number of fused-ring (bicyclic) bond motifs is 1. The molecule has 0 aliphatic heterocycles. The highest BCUT2D eigenvalue weighted by Crippen LogP contribution is 2.16. The first-order chi connectivity index (χ1) is 6.11. The van der Waals surface area contributed by atoms with Gasteiger partial charge in [-0.1, -0.05) is 0 Å². The second kappa shape index (κ2) is 2.35. The van der Waals surface area contributed by atoms with Crippen molar-refractivity contribution in [2.45, 2.75) is 0 Å². The lowest BCUT2D eigenvalue weighted by atomic mass is 10.4. The van der Waals surface area contributed by atoms with E-state index in [2.05, 4.69) is 4.98 Å². The normalized spacial score (nSPS) is 10.9. The Morgan fingerprint density at radius 1 is 1.46 bits per heavy atom. The second-order valence-corrected chi connectivity index (χ2v) is 3.00. The van der Waals surface area contributed by atoms with Gasteiger partial charge >= 0.3 is 5.69 Å². The first-order valence-electron chi connectivity index (χ1n) is 3.89. The van der Waals surface area contributed by atoms with Gasteiger partial charge < -0.3 is 10.3 Å². The van der Waals surface area contributed by atoms with Crippen molar-refractivity contribution in [1.29, 1.82) is 0 Å². The van der Waals surface area contributed by atoms with Gasteiger partial charge in [0.15, 0.2) is 0 Å². The van der Waals surface area contributed by atoms with E-state index in [-0.39, 0.29) is 5.69 Å². The van der Waals surface area contributed by atoms with Crippen LogP contribution in [0.15, 0.2) is 17.1 Å². The van der Waals surface area contributed by atoms with Crippen LogP contribution in [0.25, 0.3) is 11.0 Å². The molecule has 0 aliphatic rings. The van der Waals surface area contributed by atoms with Gasteiger partial charge in [-0.15, -0.1) is 0 Å². The first-order valence-corrected chi connectivity index (χ1v) is 3.89. The fourth-order valence-corrected chi connectivity index (χ4v) is 1.47. The van der Waals surface area contributed by atoms with E-state index in [0.29, 0.717) is 5.82 Å². The minimum absolute atomic E-state index is 0.290. The Bertz CT molecular complexity index is 523. The van der Waals surface area contributed by atoms with E-state index < -0.39 is 0 Å². The number of nitrogens with zero attached hydrogens (tertiary/aromatic N) is 3. The molecule has 0 aliphatic carbocycles. The first kappa shape index (κ1) is 7.85. The summed E-state index contributed by atoms with van der Waals surface area (Å²) in [4.78, 5) is 14.9. The number of hydrogen-bond acceptors (Lipinski definition) is 3. The summed E-state index contributed by atoms with van der Waals surface area (Å²) in [5.41, 5.74) is 6.06. The molecular formula is C8H10N4O. The van der Waals surface area contributed by atoms with Crippen LogP contribution in [0.3, 0.4) is 0 Å². The highest BCUT2D eigenvalue weighted by molar-refractivity contribution is 5.86. The van der Waals surface area contributed by atoms with Crippen LogP contribution in [0.1, 0.15) is 0 Å². The van der Waals surface area contributed by atoms with E-state index in [4.69, 9.17) is 5.73 Å². The summed E-state index contributed by atoms with van der Waals surface area (Å²) in [7, 11) is 3.54. The van der Waals surface area contributed by atoms with E-state index in [9.17, 15) is 4.79 Å². The van der Waals surface area contributed by atoms with Gasteiger partial charge in [0.25, 0.3) is 0 Å². The Morgan fingerprint density at radius 2 is 2.15 bits per heavy atom. The van der Waals surface area contributed by atoms with Gasteiger partial charge in [-0.2, -0.15) is 4.98 Å². The predicted molar refractivity (Wildman–Crippen MR) is 50.4 cm³/mol. The lowest BCUT2D eigenvalue weighted by Crippen LogP contribution is -2.22. The number of aromatic nitrogens is 3. The SMILES string of the molecule is Cn1ccc2c(N)nc(=O)n(C)c21. The van der Waals surface area contributed by atoms with Crippen LogP contribution in [0.5, 0.6) is 0 Å². The third kappa shape index (κ3) is 0.932. The minimum atomic E-state index is -0.327. The van der Waals surface area contributed by atoms with Crippen LogP contribution in [0, 0.1) is 0 Å². The number of aryl methyl sites for hydroxylation is 2. The summed E-state index contributed by atoms with van der Waals surface area (Å²) in [6.07, 6.45) is 1.85. The molecule has 0 bridgehead atoms. The molecule has 13 heavy (non-hydrogen) atoms. The maximum Gasteiger partial charge on any atom is 0.350 e. The summed E-state index contributed by atoms with van der Waals surface area (Å²) < 4.78 is 3.32. The maximum atomic E-state index is 11.3. The number of nitrogen functional groups attached to an aromatic ring is 1. The molecule has 2 aromatic heterocycles. The largest absolute Gasteiger partial charge is 0.383 e. The van der Waals surface area contributed by atoms with Crippen molar-refractivity contribution >= 4 is 16.9 Å². The number of anilines is 1. The van der Waals surface area contributed by atoms with E-state index in [1.165, 1.54) is 4.57 Å². The Kier molecular flexibility index (Phi) is 1.42. The van der Waals surface area contributed by atoms with E-state index in [1.807, 2.05) is 23.9 Å². The van der Waals surface area contributed by atoms with Gasteiger partial charge in [-0.3, -0.25) is 4.57 Å². The fourth-order valence-electron chi connectivity index (χ4n) is 1.47. The summed E-state index contributed by atoms with van der Waals surface area (Å²) in [6, 6.07) is 1.84. The van der Waals surface area contributed by atoms with Crippen LogP contribution in [0.2, 0.25) is 0 Å². The van der Waals surface area contributed by atoms with Crippen molar-refractivity contribution < 1.29 is 0 Å². The Labute approximate surface area is 74.4 Å². The van der Waals surface area contributed by atoms with Gasteiger partial charge in [0.1, 0.15) is 11.5 Å². The van der Waals surface area contributed by atoms with Gasteiger partial charge in [0.05, 0.1) is 5.39 Å². The molecule has 2 heterocycles. The average Bonchev–Trinajstić information content (AvgIpc) is 2.44. The van der Waals surface area contributed by atoms with Crippen LogP contribution in [-0.4, -0.2) is 14.1 Å². The topological polar surface area (TPSA) is 65.8 Å². The number of rotatable bonds is 0. The van der Waals surface area contributed by atoms with E-state index >= 15 is 0 Å². The molecule has 0 spiro atoms. The molecule has 0 aromatic carbocycles. The summed E-state index contributed by atoms with van der Waals surface area (Å²) in [5, 5.41) is 0.810. The van der Waals surface area contributed by atoms with Crippen LogP contribution >= 0.6 is 0 Å². The molecule has 0 fully saturated rings. The monoisotopic (exact) mass is 178 g/mol. The molecular weight excluding hydrogens is 168 g/mol. The summed E-state index contributed by atoms with van der Waals surface area (Å²) in [5.74, 6) is 0.290. The molecule has 0 amide bonds. The average molecular weight is 178 g/mol.